The number of likely N-dealkylation sites (tertiary alicyclic amines) is 1. The van der Waals surface area contributed by atoms with Crippen LogP contribution in [-0.4, -0.2) is 36.4 Å². The maximum atomic E-state index is 13.0. The van der Waals surface area contributed by atoms with Crippen LogP contribution in [-0.2, 0) is 9.59 Å². The Morgan fingerprint density at radius 3 is 2.41 bits per heavy atom. The van der Waals surface area contributed by atoms with Crippen LogP contribution in [0.15, 0.2) is 54.6 Å². The van der Waals surface area contributed by atoms with Gasteiger partial charge in [0.05, 0.1) is 6.54 Å². The number of nitrogens with zero attached hydrogens (tertiary/aromatic N) is 1. The molecule has 0 spiro atoms. The molecular formula is C24H30N2O3. The smallest absolute Gasteiger partial charge is 0.247 e. The first-order chi connectivity index (χ1) is 14.1. The molecule has 0 bridgehead atoms. The van der Waals surface area contributed by atoms with Crippen LogP contribution in [0.1, 0.15) is 56.2 Å². The highest BCUT2D eigenvalue weighted by Gasteiger charge is 2.32. The average molecular weight is 395 g/mol. The minimum absolute atomic E-state index is 0.0433. The van der Waals surface area contributed by atoms with E-state index >= 15 is 0 Å². The lowest BCUT2D eigenvalue weighted by atomic mass is 10.0. The van der Waals surface area contributed by atoms with Crippen LogP contribution in [0, 0.1) is 0 Å². The zero-order valence-electron chi connectivity index (χ0n) is 17.3. The van der Waals surface area contributed by atoms with Gasteiger partial charge in [-0.05, 0) is 42.0 Å². The van der Waals surface area contributed by atoms with Crippen molar-refractivity contribution < 1.29 is 14.3 Å². The second-order valence-corrected chi connectivity index (χ2v) is 7.72. The monoisotopic (exact) mass is 394 g/mol. The summed E-state index contributed by atoms with van der Waals surface area (Å²) in [7, 11) is 0. The predicted octanol–water partition coefficient (Wildman–Crippen LogP) is 4.06. The molecule has 0 radical (unpaired) electrons. The summed E-state index contributed by atoms with van der Waals surface area (Å²) in [4.78, 5) is 27.1. The van der Waals surface area contributed by atoms with E-state index in [1.165, 1.54) is 5.56 Å². The standard InChI is InChI=1S/C24H30N2O3/c1-18(2)19-11-13-21(14-12-19)29-17-15-25-24(28)23(20-8-4-3-5-9-20)26-16-7-6-10-22(26)27/h3-5,8-9,11-14,18,23H,6-7,10,15-17H2,1-2H3,(H,25,28). The van der Waals surface area contributed by atoms with Crippen molar-refractivity contribution in [3.8, 4) is 5.75 Å². The minimum Gasteiger partial charge on any atom is -0.492 e. The van der Waals surface area contributed by atoms with Crippen LogP contribution < -0.4 is 10.1 Å². The summed E-state index contributed by atoms with van der Waals surface area (Å²) < 4.78 is 5.75. The van der Waals surface area contributed by atoms with Gasteiger partial charge in [0.1, 0.15) is 18.4 Å². The summed E-state index contributed by atoms with van der Waals surface area (Å²) in [5, 5.41) is 2.94. The number of carbonyl (C=O) groups is 2. The Kier molecular flexibility index (Phi) is 7.28. The quantitative estimate of drug-likeness (QED) is 0.687. The largest absolute Gasteiger partial charge is 0.492 e. The third kappa shape index (κ3) is 5.59. The third-order valence-corrected chi connectivity index (χ3v) is 5.25. The number of amides is 2. The zero-order valence-corrected chi connectivity index (χ0v) is 17.3. The van der Waals surface area contributed by atoms with Crippen molar-refractivity contribution in [1.29, 1.82) is 0 Å². The number of hydrogen-bond acceptors (Lipinski definition) is 3. The van der Waals surface area contributed by atoms with Gasteiger partial charge in [0.15, 0.2) is 0 Å². The molecule has 5 nitrogen and oxygen atoms in total. The maximum Gasteiger partial charge on any atom is 0.247 e. The van der Waals surface area contributed by atoms with Gasteiger partial charge in [-0.3, -0.25) is 9.59 Å². The van der Waals surface area contributed by atoms with Crippen molar-refractivity contribution in [2.24, 2.45) is 0 Å². The van der Waals surface area contributed by atoms with E-state index in [1.54, 1.807) is 4.90 Å². The summed E-state index contributed by atoms with van der Waals surface area (Å²) in [6.45, 7) is 5.69. The van der Waals surface area contributed by atoms with Gasteiger partial charge >= 0.3 is 0 Å². The van der Waals surface area contributed by atoms with Gasteiger partial charge in [0.2, 0.25) is 11.8 Å². The molecule has 0 aromatic heterocycles. The molecule has 0 aliphatic carbocycles. The van der Waals surface area contributed by atoms with E-state index in [4.69, 9.17) is 4.74 Å². The Bertz CT molecular complexity index is 803. The first-order valence-electron chi connectivity index (χ1n) is 10.4. The van der Waals surface area contributed by atoms with Gasteiger partial charge in [0, 0.05) is 13.0 Å². The average Bonchev–Trinajstić information content (AvgIpc) is 2.74. The van der Waals surface area contributed by atoms with E-state index < -0.39 is 6.04 Å². The molecule has 154 valence electrons. The number of hydrogen-bond donors (Lipinski definition) is 1. The molecule has 1 fully saturated rings. The van der Waals surface area contributed by atoms with Crippen molar-refractivity contribution >= 4 is 11.8 Å². The number of rotatable bonds is 8. The van der Waals surface area contributed by atoms with Gasteiger partial charge < -0.3 is 15.0 Å². The van der Waals surface area contributed by atoms with Gasteiger partial charge in [-0.15, -0.1) is 0 Å². The van der Waals surface area contributed by atoms with Crippen LogP contribution in [0.2, 0.25) is 0 Å². The second-order valence-electron chi connectivity index (χ2n) is 7.72. The molecule has 29 heavy (non-hydrogen) atoms. The predicted molar refractivity (Wildman–Crippen MR) is 114 cm³/mol. The molecule has 2 amide bonds. The van der Waals surface area contributed by atoms with Crippen molar-refractivity contribution in [3.05, 3.63) is 65.7 Å². The fourth-order valence-electron chi connectivity index (χ4n) is 3.60. The zero-order chi connectivity index (χ0) is 20.6. The third-order valence-electron chi connectivity index (χ3n) is 5.25. The molecule has 2 aromatic rings. The highest BCUT2D eigenvalue weighted by molar-refractivity contribution is 5.89. The number of piperidine rings is 1. The summed E-state index contributed by atoms with van der Waals surface area (Å²) in [5.74, 6) is 1.15. The Hall–Kier alpha value is -2.82. The molecule has 1 saturated heterocycles. The second kappa shape index (κ2) is 10.1. The van der Waals surface area contributed by atoms with Gasteiger partial charge in [-0.2, -0.15) is 0 Å². The molecule has 5 heteroatoms. The van der Waals surface area contributed by atoms with E-state index in [0.717, 1.165) is 24.2 Å². The first kappa shape index (κ1) is 20.9. The van der Waals surface area contributed by atoms with Crippen LogP contribution in [0.25, 0.3) is 0 Å². The van der Waals surface area contributed by atoms with Crippen molar-refractivity contribution in [2.45, 2.75) is 45.1 Å². The lowest BCUT2D eigenvalue weighted by molar-refractivity contribution is -0.142. The summed E-state index contributed by atoms with van der Waals surface area (Å²) in [6, 6.07) is 17.0. The molecule has 1 heterocycles. The van der Waals surface area contributed by atoms with Crippen molar-refractivity contribution in [2.75, 3.05) is 19.7 Å². The molecule has 1 unspecified atom stereocenters. The fraction of sp³-hybridized carbons (Fsp3) is 0.417. The molecule has 1 aliphatic heterocycles. The number of ether oxygens (including phenoxy) is 1. The van der Waals surface area contributed by atoms with E-state index in [0.29, 0.717) is 32.0 Å². The molecule has 1 atom stereocenters. The SMILES string of the molecule is CC(C)c1ccc(OCCNC(=O)C(c2ccccc2)N2CCCCC2=O)cc1. The Labute approximate surface area is 173 Å². The normalized spacial score (nSPS) is 15.3. The van der Waals surface area contributed by atoms with Crippen LogP contribution in [0.5, 0.6) is 5.75 Å². The lowest BCUT2D eigenvalue weighted by Crippen LogP contribution is -2.46. The summed E-state index contributed by atoms with van der Waals surface area (Å²) in [5.41, 5.74) is 2.10. The van der Waals surface area contributed by atoms with E-state index in [2.05, 4.69) is 31.3 Å². The Morgan fingerprint density at radius 2 is 1.76 bits per heavy atom. The van der Waals surface area contributed by atoms with E-state index in [-0.39, 0.29) is 11.8 Å². The highest BCUT2D eigenvalue weighted by atomic mass is 16.5. The van der Waals surface area contributed by atoms with Crippen molar-refractivity contribution in [1.82, 2.24) is 10.2 Å². The van der Waals surface area contributed by atoms with E-state index in [9.17, 15) is 9.59 Å². The van der Waals surface area contributed by atoms with Gasteiger partial charge in [0.25, 0.3) is 0 Å². The molecule has 3 rings (SSSR count). The van der Waals surface area contributed by atoms with E-state index in [1.807, 2.05) is 42.5 Å². The molecular weight excluding hydrogens is 364 g/mol. The lowest BCUT2D eigenvalue weighted by Gasteiger charge is -2.34. The number of carbonyl (C=O) groups excluding carboxylic acids is 2. The molecule has 1 aliphatic rings. The minimum atomic E-state index is -0.589. The Balaban J connectivity index is 1.57. The van der Waals surface area contributed by atoms with Crippen molar-refractivity contribution in [3.63, 3.8) is 0 Å². The Morgan fingerprint density at radius 1 is 1.03 bits per heavy atom. The van der Waals surface area contributed by atoms with Crippen LogP contribution >= 0.6 is 0 Å². The van der Waals surface area contributed by atoms with Gasteiger partial charge in [-0.1, -0.05) is 56.3 Å². The first-order valence-corrected chi connectivity index (χ1v) is 10.4. The summed E-state index contributed by atoms with van der Waals surface area (Å²) in [6.07, 6.45) is 2.33. The molecule has 0 saturated carbocycles. The van der Waals surface area contributed by atoms with Gasteiger partial charge in [-0.25, -0.2) is 0 Å². The maximum absolute atomic E-state index is 13.0. The van der Waals surface area contributed by atoms with Crippen LogP contribution in [0.4, 0.5) is 0 Å². The summed E-state index contributed by atoms with van der Waals surface area (Å²) >= 11 is 0. The van der Waals surface area contributed by atoms with Crippen LogP contribution in [0.3, 0.4) is 0 Å². The topological polar surface area (TPSA) is 58.6 Å². The fourth-order valence-corrected chi connectivity index (χ4v) is 3.60. The molecule has 1 N–H and O–H groups in total. The number of benzene rings is 2. The molecule has 2 aromatic carbocycles. The number of nitrogens with one attached hydrogen (secondary N) is 1. The highest BCUT2D eigenvalue weighted by Crippen LogP contribution is 2.25.